The summed E-state index contributed by atoms with van der Waals surface area (Å²) in [5, 5.41) is 15.2. The standard InChI is InChI=1S/C23H32N4O5S/c1-4-26(5-2)33(30,31)20-10-11-21(23(16-20)27(28)29)24-22(17-25-12-14-32-15-13-25)19-8-6-18(3)7-9-19/h6-11,16,22,24H,4-5,12-15,17H2,1-3H3. The van der Waals surface area contributed by atoms with E-state index >= 15 is 0 Å². The number of benzene rings is 2. The number of nitrogens with one attached hydrogen (secondary N) is 1. The third kappa shape index (κ3) is 6.08. The molecule has 0 aliphatic carbocycles. The normalized spacial score (nSPS) is 16.0. The van der Waals surface area contributed by atoms with Gasteiger partial charge in [-0.2, -0.15) is 4.31 Å². The lowest BCUT2D eigenvalue weighted by Crippen LogP contribution is -2.40. The molecule has 1 atom stereocenters. The van der Waals surface area contributed by atoms with E-state index in [-0.39, 0.29) is 22.3 Å². The SMILES string of the molecule is CCN(CC)S(=O)(=O)c1ccc(NC(CN2CCOCC2)c2ccc(C)cc2)c([N+](=O)[O-])c1. The molecule has 2 aromatic rings. The van der Waals surface area contributed by atoms with Crippen molar-refractivity contribution < 1.29 is 18.1 Å². The molecule has 0 spiro atoms. The van der Waals surface area contributed by atoms with Gasteiger partial charge in [0.05, 0.1) is 29.1 Å². The zero-order chi connectivity index (χ0) is 24.0. The highest BCUT2D eigenvalue weighted by Gasteiger charge is 2.27. The first-order chi connectivity index (χ1) is 15.8. The summed E-state index contributed by atoms with van der Waals surface area (Å²) in [6, 6.07) is 11.9. The van der Waals surface area contributed by atoms with Crippen molar-refractivity contribution in [2.24, 2.45) is 0 Å². The quantitative estimate of drug-likeness (QED) is 0.414. The molecule has 0 radical (unpaired) electrons. The Labute approximate surface area is 195 Å². The largest absolute Gasteiger partial charge is 0.379 e. The van der Waals surface area contributed by atoms with Gasteiger partial charge in [-0.3, -0.25) is 15.0 Å². The smallest absolute Gasteiger partial charge is 0.293 e. The molecule has 0 bridgehead atoms. The first-order valence-corrected chi connectivity index (χ1v) is 12.6. The maximum Gasteiger partial charge on any atom is 0.293 e. The second-order valence-electron chi connectivity index (χ2n) is 8.05. The molecule has 3 rings (SSSR count). The van der Waals surface area contributed by atoms with Gasteiger partial charge >= 0.3 is 0 Å². The molecule has 9 nitrogen and oxygen atoms in total. The van der Waals surface area contributed by atoms with Crippen molar-refractivity contribution in [1.29, 1.82) is 0 Å². The lowest BCUT2D eigenvalue weighted by atomic mass is 10.0. The topological polar surface area (TPSA) is 105 Å². The van der Waals surface area contributed by atoms with Gasteiger partial charge in [-0.05, 0) is 24.6 Å². The van der Waals surface area contributed by atoms with Crippen LogP contribution in [0.5, 0.6) is 0 Å². The van der Waals surface area contributed by atoms with Gasteiger partial charge in [0.2, 0.25) is 10.0 Å². The minimum atomic E-state index is -3.80. The van der Waals surface area contributed by atoms with Gasteiger partial charge in [0.25, 0.3) is 5.69 Å². The molecular weight excluding hydrogens is 444 g/mol. The molecule has 1 saturated heterocycles. The summed E-state index contributed by atoms with van der Waals surface area (Å²) in [6.07, 6.45) is 0. The number of hydrogen-bond acceptors (Lipinski definition) is 7. The molecule has 1 aliphatic heterocycles. The van der Waals surface area contributed by atoms with Gasteiger partial charge in [0.1, 0.15) is 5.69 Å². The number of ether oxygens (including phenoxy) is 1. The molecule has 33 heavy (non-hydrogen) atoms. The fraction of sp³-hybridized carbons (Fsp3) is 0.478. The minimum absolute atomic E-state index is 0.0801. The third-order valence-electron chi connectivity index (χ3n) is 5.86. The number of nitrogens with zero attached hydrogens (tertiary/aromatic N) is 3. The van der Waals surface area contributed by atoms with E-state index in [9.17, 15) is 18.5 Å². The minimum Gasteiger partial charge on any atom is -0.379 e. The summed E-state index contributed by atoms with van der Waals surface area (Å²) in [4.78, 5) is 13.5. The number of anilines is 1. The van der Waals surface area contributed by atoms with Gasteiger partial charge in [0.15, 0.2) is 0 Å². The number of rotatable bonds is 10. The highest BCUT2D eigenvalue weighted by atomic mass is 32.2. The van der Waals surface area contributed by atoms with Crippen LogP contribution in [0, 0.1) is 17.0 Å². The van der Waals surface area contributed by atoms with Gasteiger partial charge in [-0.25, -0.2) is 8.42 Å². The Kier molecular flexibility index (Phi) is 8.41. The monoisotopic (exact) mass is 476 g/mol. The fourth-order valence-electron chi connectivity index (χ4n) is 3.92. The Morgan fingerprint density at radius 3 is 2.33 bits per heavy atom. The zero-order valence-electron chi connectivity index (χ0n) is 19.4. The zero-order valence-corrected chi connectivity index (χ0v) is 20.2. The first kappa shape index (κ1) is 25.1. The average Bonchev–Trinajstić information content (AvgIpc) is 2.80. The Balaban J connectivity index is 1.95. The molecule has 0 aromatic heterocycles. The van der Waals surface area contributed by atoms with Crippen LogP contribution in [0.3, 0.4) is 0 Å². The molecule has 1 unspecified atom stereocenters. The van der Waals surface area contributed by atoms with E-state index in [0.29, 0.717) is 32.8 Å². The van der Waals surface area contributed by atoms with Crippen LogP contribution in [0.25, 0.3) is 0 Å². The van der Waals surface area contributed by atoms with Crippen molar-refractivity contribution in [2.45, 2.75) is 31.7 Å². The second-order valence-corrected chi connectivity index (χ2v) is 9.98. The Morgan fingerprint density at radius 2 is 1.76 bits per heavy atom. The molecule has 1 N–H and O–H groups in total. The van der Waals surface area contributed by atoms with Gasteiger partial charge in [-0.1, -0.05) is 43.7 Å². The van der Waals surface area contributed by atoms with Crippen LogP contribution in [0.2, 0.25) is 0 Å². The molecular formula is C23H32N4O5S. The molecule has 180 valence electrons. The van der Waals surface area contributed by atoms with Gasteiger partial charge < -0.3 is 10.1 Å². The Hall–Kier alpha value is -2.53. The van der Waals surface area contributed by atoms with Gasteiger partial charge in [0, 0.05) is 38.8 Å². The Bertz CT molecular complexity index is 1050. The van der Waals surface area contributed by atoms with Crippen molar-refractivity contribution >= 4 is 21.4 Å². The highest BCUT2D eigenvalue weighted by molar-refractivity contribution is 7.89. The van der Waals surface area contributed by atoms with Crippen LogP contribution < -0.4 is 5.32 Å². The summed E-state index contributed by atoms with van der Waals surface area (Å²) in [6.45, 7) is 9.59. The summed E-state index contributed by atoms with van der Waals surface area (Å²) in [5.74, 6) is 0. The fourth-order valence-corrected chi connectivity index (χ4v) is 5.40. The van der Waals surface area contributed by atoms with E-state index in [1.165, 1.54) is 16.4 Å². The molecule has 1 fully saturated rings. The molecule has 10 heteroatoms. The van der Waals surface area contributed by atoms with Gasteiger partial charge in [-0.15, -0.1) is 0 Å². The van der Waals surface area contributed by atoms with E-state index in [1.54, 1.807) is 13.8 Å². The summed E-state index contributed by atoms with van der Waals surface area (Å²) < 4.78 is 32.5. The molecule has 0 saturated carbocycles. The summed E-state index contributed by atoms with van der Waals surface area (Å²) >= 11 is 0. The van der Waals surface area contributed by atoms with Crippen LogP contribution in [-0.2, 0) is 14.8 Å². The predicted molar refractivity (Wildman–Crippen MR) is 128 cm³/mol. The van der Waals surface area contributed by atoms with Crippen molar-refractivity contribution in [3.05, 3.63) is 63.7 Å². The third-order valence-corrected chi connectivity index (χ3v) is 7.91. The average molecular weight is 477 g/mol. The molecule has 1 aliphatic rings. The van der Waals surface area contributed by atoms with Crippen molar-refractivity contribution in [1.82, 2.24) is 9.21 Å². The van der Waals surface area contributed by atoms with Crippen molar-refractivity contribution in [3.63, 3.8) is 0 Å². The lowest BCUT2D eigenvalue weighted by Gasteiger charge is -2.31. The van der Waals surface area contributed by atoms with Crippen molar-refractivity contribution in [3.8, 4) is 0 Å². The maximum absolute atomic E-state index is 12.9. The number of aryl methyl sites for hydroxylation is 1. The number of nitro benzene ring substituents is 1. The first-order valence-electron chi connectivity index (χ1n) is 11.2. The van der Waals surface area contributed by atoms with Crippen LogP contribution >= 0.6 is 0 Å². The van der Waals surface area contributed by atoms with Crippen molar-refractivity contribution in [2.75, 3.05) is 51.3 Å². The molecule has 1 heterocycles. The summed E-state index contributed by atoms with van der Waals surface area (Å²) in [7, 11) is -3.80. The molecule has 0 amide bonds. The number of hydrogen-bond donors (Lipinski definition) is 1. The molecule has 2 aromatic carbocycles. The van der Waals surface area contributed by atoms with Crippen LogP contribution in [0.15, 0.2) is 47.4 Å². The predicted octanol–water partition coefficient (Wildman–Crippen LogP) is 3.42. The van der Waals surface area contributed by atoms with E-state index in [4.69, 9.17) is 4.74 Å². The van der Waals surface area contributed by atoms with E-state index in [1.807, 2.05) is 31.2 Å². The van der Waals surface area contributed by atoms with E-state index in [0.717, 1.165) is 30.3 Å². The number of morpholine rings is 1. The van der Waals surface area contributed by atoms with E-state index < -0.39 is 14.9 Å². The van der Waals surface area contributed by atoms with Crippen LogP contribution in [0.4, 0.5) is 11.4 Å². The second kappa shape index (κ2) is 11.1. The van der Waals surface area contributed by atoms with Crippen LogP contribution in [-0.4, -0.2) is 68.5 Å². The number of sulfonamides is 1. The Morgan fingerprint density at radius 1 is 1.12 bits per heavy atom. The number of nitro groups is 1. The summed E-state index contributed by atoms with van der Waals surface area (Å²) in [5.41, 5.74) is 2.15. The maximum atomic E-state index is 12.9. The highest BCUT2D eigenvalue weighted by Crippen LogP contribution is 2.32. The van der Waals surface area contributed by atoms with E-state index in [2.05, 4.69) is 10.2 Å². The van der Waals surface area contributed by atoms with Crippen LogP contribution in [0.1, 0.15) is 31.0 Å². The lowest BCUT2D eigenvalue weighted by molar-refractivity contribution is -0.384.